The highest BCUT2D eigenvalue weighted by molar-refractivity contribution is 6.06. The largest absolute Gasteiger partial charge is 1.00 e. The molecule has 0 amide bonds. The van der Waals surface area contributed by atoms with Gasteiger partial charge < -0.3 is 17.4 Å². The zero-order valence-corrected chi connectivity index (χ0v) is 9.12. The average Bonchev–Trinajstić information content (AvgIpc) is 2.54. The van der Waals surface area contributed by atoms with Crippen LogP contribution in [0.2, 0.25) is 0 Å². The third kappa shape index (κ3) is 1.47. The van der Waals surface area contributed by atoms with Crippen LogP contribution in [0.3, 0.4) is 0 Å². The van der Waals surface area contributed by atoms with Gasteiger partial charge in [0.2, 0.25) is 0 Å². The van der Waals surface area contributed by atoms with Crippen molar-refractivity contribution < 1.29 is 17.0 Å². The van der Waals surface area contributed by atoms with Gasteiger partial charge in [0.25, 0.3) is 0 Å². The summed E-state index contributed by atoms with van der Waals surface area (Å²) in [4.78, 5) is 3.40. The molecule has 3 heteroatoms. The zero-order valence-electron chi connectivity index (χ0n) is 8.37. The maximum absolute atomic E-state index is 3.40. The number of aromatic amines is 1. The van der Waals surface area contributed by atoms with Crippen LogP contribution in [0.25, 0.3) is 21.8 Å². The molecule has 2 heterocycles. The van der Waals surface area contributed by atoms with Crippen LogP contribution in [0.15, 0.2) is 42.7 Å². The van der Waals surface area contributed by atoms with E-state index in [1.165, 1.54) is 21.8 Å². The van der Waals surface area contributed by atoms with E-state index in [9.17, 15) is 0 Å². The van der Waals surface area contributed by atoms with Crippen molar-refractivity contribution in [1.29, 1.82) is 0 Å². The number of aryl methyl sites for hydroxylation is 1. The van der Waals surface area contributed by atoms with Gasteiger partial charge >= 0.3 is 0 Å². The smallest absolute Gasteiger partial charge is 0.192 e. The number of fused-ring (bicyclic) bond motifs is 3. The van der Waals surface area contributed by atoms with Gasteiger partial charge in [-0.2, -0.15) is 0 Å². The van der Waals surface area contributed by atoms with Crippen molar-refractivity contribution in [3.63, 3.8) is 0 Å². The summed E-state index contributed by atoms with van der Waals surface area (Å²) in [5.41, 5.74) is 2.39. The molecule has 0 spiro atoms. The molecule has 0 unspecified atom stereocenters. The quantitative estimate of drug-likeness (QED) is 0.475. The van der Waals surface area contributed by atoms with Crippen LogP contribution >= 0.6 is 0 Å². The summed E-state index contributed by atoms with van der Waals surface area (Å²) in [6.07, 6.45) is 4.18. The molecule has 0 aliphatic heterocycles. The summed E-state index contributed by atoms with van der Waals surface area (Å²) in [5.74, 6) is 0. The molecule has 0 saturated heterocycles. The van der Waals surface area contributed by atoms with Crippen molar-refractivity contribution in [2.45, 2.75) is 0 Å². The van der Waals surface area contributed by atoms with E-state index in [4.69, 9.17) is 0 Å². The standard InChI is InChI=1S/C12H10N2.ClH/c1-14-7-6-10-9-4-2-3-5-11(9)13-12(10)8-14;/h2-8H,1H3;1H. The molecule has 0 aliphatic rings. The van der Waals surface area contributed by atoms with E-state index in [1.54, 1.807) is 0 Å². The van der Waals surface area contributed by atoms with Gasteiger partial charge in [0.1, 0.15) is 12.6 Å². The Kier molecular flexibility index (Phi) is 2.37. The molecule has 1 aromatic carbocycles. The molecule has 0 aliphatic carbocycles. The summed E-state index contributed by atoms with van der Waals surface area (Å²) in [6, 6.07) is 10.5. The number of nitrogens with zero attached hydrogens (tertiary/aromatic N) is 1. The highest BCUT2D eigenvalue weighted by Gasteiger charge is 2.05. The number of benzene rings is 1. The van der Waals surface area contributed by atoms with E-state index in [-0.39, 0.29) is 12.4 Å². The van der Waals surface area contributed by atoms with E-state index in [0.717, 1.165) is 0 Å². The lowest BCUT2D eigenvalue weighted by molar-refractivity contribution is -0.670. The lowest BCUT2D eigenvalue weighted by Crippen LogP contribution is -3.00. The Balaban J connectivity index is 0.000000853. The molecule has 3 rings (SSSR count). The minimum atomic E-state index is 0. The number of aromatic nitrogens is 2. The molecular weight excluding hydrogens is 208 g/mol. The molecule has 1 N–H and O–H groups in total. The van der Waals surface area contributed by atoms with Crippen LogP contribution in [0.5, 0.6) is 0 Å². The first-order valence-corrected chi connectivity index (χ1v) is 4.70. The van der Waals surface area contributed by atoms with Gasteiger partial charge in [-0.25, -0.2) is 4.57 Å². The molecular formula is C12H11ClN2. The zero-order chi connectivity index (χ0) is 9.54. The number of hydrogen-bond donors (Lipinski definition) is 1. The van der Waals surface area contributed by atoms with Gasteiger partial charge in [0, 0.05) is 22.4 Å². The van der Waals surface area contributed by atoms with Crippen LogP contribution in [0.4, 0.5) is 0 Å². The van der Waals surface area contributed by atoms with Crippen molar-refractivity contribution in [2.24, 2.45) is 7.05 Å². The first-order valence-electron chi connectivity index (χ1n) is 4.70. The summed E-state index contributed by atoms with van der Waals surface area (Å²) < 4.78 is 2.05. The van der Waals surface area contributed by atoms with E-state index in [1.807, 2.05) is 7.05 Å². The third-order valence-electron chi connectivity index (χ3n) is 2.59. The van der Waals surface area contributed by atoms with Gasteiger partial charge in [-0.3, -0.25) is 0 Å². The molecule has 2 nitrogen and oxygen atoms in total. The average molecular weight is 219 g/mol. The van der Waals surface area contributed by atoms with Gasteiger partial charge in [0.05, 0.1) is 0 Å². The first-order chi connectivity index (χ1) is 6.84. The number of hydrogen-bond acceptors (Lipinski definition) is 0. The summed E-state index contributed by atoms with van der Waals surface area (Å²) >= 11 is 0. The molecule has 0 radical (unpaired) electrons. The Morgan fingerprint density at radius 3 is 2.60 bits per heavy atom. The Morgan fingerprint density at radius 2 is 1.73 bits per heavy atom. The summed E-state index contributed by atoms with van der Waals surface area (Å²) in [7, 11) is 2.03. The second-order valence-corrected chi connectivity index (χ2v) is 3.61. The Hall–Kier alpha value is -1.54. The predicted molar refractivity (Wildman–Crippen MR) is 57.0 cm³/mol. The molecule has 2 aromatic heterocycles. The van der Waals surface area contributed by atoms with Crippen LogP contribution in [0.1, 0.15) is 0 Å². The first kappa shape index (κ1) is 9.99. The van der Waals surface area contributed by atoms with E-state index in [2.05, 4.69) is 52.3 Å². The van der Waals surface area contributed by atoms with Crippen LogP contribution < -0.4 is 17.0 Å². The van der Waals surface area contributed by atoms with Crippen molar-refractivity contribution in [3.05, 3.63) is 42.7 Å². The molecule has 3 aromatic rings. The molecule has 0 fully saturated rings. The molecule has 15 heavy (non-hydrogen) atoms. The molecule has 0 saturated carbocycles. The lowest BCUT2D eigenvalue weighted by atomic mass is 10.2. The van der Waals surface area contributed by atoms with Crippen molar-refractivity contribution in [1.82, 2.24) is 4.98 Å². The second-order valence-electron chi connectivity index (χ2n) is 3.61. The maximum atomic E-state index is 3.40. The van der Waals surface area contributed by atoms with Crippen LogP contribution in [-0.2, 0) is 7.05 Å². The summed E-state index contributed by atoms with van der Waals surface area (Å²) in [6.45, 7) is 0. The van der Waals surface area contributed by atoms with Gasteiger partial charge in [0.15, 0.2) is 12.4 Å². The number of halogens is 1. The van der Waals surface area contributed by atoms with Gasteiger partial charge in [-0.1, -0.05) is 18.2 Å². The number of nitrogens with one attached hydrogen (secondary N) is 1. The van der Waals surface area contributed by atoms with Crippen molar-refractivity contribution in [3.8, 4) is 0 Å². The van der Waals surface area contributed by atoms with Crippen molar-refractivity contribution in [2.75, 3.05) is 0 Å². The minimum Gasteiger partial charge on any atom is -1.00 e. The van der Waals surface area contributed by atoms with E-state index >= 15 is 0 Å². The van der Waals surface area contributed by atoms with E-state index in [0.29, 0.717) is 0 Å². The second kappa shape index (κ2) is 3.55. The van der Waals surface area contributed by atoms with E-state index < -0.39 is 0 Å². The third-order valence-corrected chi connectivity index (χ3v) is 2.59. The Bertz CT molecular complexity index is 613. The fourth-order valence-electron chi connectivity index (χ4n) is 1.90. The maximum Gasteiger partial charge on any atom is 0.192 e. The topological polar surface area (TPSA) is 19.7 Å². The van der Waals surface area contributed by atoms with Gasteiger partial charge in [-0.15, -0.1) is 0 Å². The highest BCUT2D eigenvalue weighted by Crippen LogP contribution is 2.23. The number of para-hydroxylation sites is 1. The SMILES string of the molecule is C[n+]1ccc2c(c1)[nH]c1ccccc12.[Cl-]. The molecule has 0 atom stereocenters. The number of rotatable bonds is 0. The normalized spacial score (nSPS) is 10.5. The monoisotopic (exact) mass is 218 g/mol. The molecule has 76 valence electrons. The van der Waals surface area contributed by atoms with Crippen LogP contribution in [-0.4, -0.2) is 4.98 Å². The predicted octanol–water partition coefficient (Wildman–Crippen LogP) is -0.850. The fourth-order valence-corrected chi connectivity index (χ4v) is 1.90. The summed E-state index contributed by atoms with van der Waals surface area (Å²) in [5, 5.41) is 2.58. The molecule has 0 bridgehead atoms. The van der Waals surface area contributed by atoms with Crippen LogP contribution in [0, 0.1) is 0 Å². The fraction of sp³-hybridized carbons (Fsp3) is 0.0833. The van der Waals surface area contributed by atoms with Crippen molar-refractivity contribution >= 4 is 21.8 Å². The number of pyridine rings is 1. The highest BCUT2D eigenvalue weighted by atomic mass is 35.5. The minimum absolute atomic E-state index is 0. The Labute approximate surface area is 94.0 Å². The lowest BCUT2D eigenvalue weighted by Gasteiger charge is -1.88. The Morgan fingerprint density at radius 1 is 1.00 bits per heavy atom. The van der Waals surface area contributed by atoms with Gasteiger partial charge in [-0.05, 0) is 6.07 Å². The number of H-pyrrole nitrogens is 1.